The van der Waals surface area contributed by atoms with Crippen LogP contribution in [0.5, 0.6) is 0 Å². The van der Waals surface area contributed by atoms with Crippen molar-refractivity contribution in [1.29, 1.82) is 5.26 Å². The minimum Gasteiger partial charge on any atom is -0.393 e. The van der Waals surface area contributed by atoms with Gasteiger partial charge >= 0.3 is 0 Å². The standard InChI is InChI=1S/C30H34FN7O2S2/c1-3-23-28(37(4-2)30-35-27(24(15-32)41-30)19-5-7-20(31)8-6-19)38-16-25(42-29(38)34-23)18-9-11-36(12-10-18)17-26(40)33-21-13-22(39)14-21/h5-8,16,18,21-22,39H,3-4,9-14,17H2,1-2H3,(H,33,40). The summed E-state index contributed by atoms with van der Waals surface area (Å²) in [5, 5.41) is 23.0. The van der Waals surface area contributed by atoms with Gasteiger partial charge in [-0.3, -0.25) is 14.1 Å². The van der Waals surface area contributed by atoms with E-state index in [1.165, 1.54) is 28.3 Å². The van der Waals surface area contributed by atoms with Gasteiger partial charge in [0, 0.05) is 29.2 Å². The van der Waals surface area contributed by atoms with Crippen LogP contribution in [0, 0.1) is 17.1 Å². The van der Waals surface area contributed by atoms with E-state index in [1.54, 1.807) is 23.5 Å². The molecule has 0 bridgehead atoms. The summed E-state index contributed by atoms with van der Waals surface area (Å²) in [6, 6.07) is 8.47. The molecule has 2 fully saturated rings. The summed E-state index contributed by atoms with van der Waals surface area (Å²) >= 11 is 3.06. The van der Waals surface area contributed by atoms with Crippen LogP contribution in [0.1, 0.15) is 60.9 Å². The van der Waals surface area contributed by atoms with E-state index in [0.29, 0.717) is 53.1 Å². The number of aliphatic hydroxyl groups is 1. The molecule has 220 valence electrons. The highest BCUT2D eigenvalue weighted by molar-refractivity contribution is 7.17. The maximum Gasteiger partial charge on any atom is 0.234 e. The molecule has 1 aliphatic heterocycles. The van der Waals surface area contributed by atoms with Crippen LogP contribution in [-0.4, -0.2) is 68.6 Å². The molecule has 1 saturated heterocycles. The van der Waals surface area contributed by atoms with Crippen LogP contribution in [-0.2, 0) is 11.2 Å². The van der Waals surface area contributed by atoms with Crippen LogP contribution in [0.15, 0.2) is 30.5 Å². The largest absolute Gasteiger partial charge is 0.393 e. The van der Waals surface area contributed by atoms with Gasteiger partial charge in [0.15, 0.2) is 10.1 Å². The predicted octanol–water partition coefficient (Wildman–Crippen LogP) is 5.07. The number of aryl methyl sites for hydroxylation is 1. The normalized spacial score (nSPS) is 19.5. The van der Waals surface area contributed by atoms with Crippen molar-refractivity contribution in [2.45, 2.75) is 64.0 Å². The number of hydrogen-bond donors (Lipinski definition) is 2. The van der Waals surface area contributed by atoms with E-state index in [2.05, 4.69) is 45.6 Å². The SMILES string of the molecule is CCc1nc2sc(C3CCN(CC(=O)NC4CC(O)C4)CC3)cn2c1N(CC)c1nc(-c2ccc(F)cc2)c(C#N)s1. The van der Waals surface area contributed by atoms with Crippen molar-refractivity contribution in [3.63, 3.8) is 0 Å². The van der Waals surface area contributed by atoms with Crippen molar-refractivity contribution in [3.8, 4) is 17.3 Å². The number of thiazole rings is 2. The van der Waals surface area contributed by atoms with E-state index >= 15 is 0 Å². The number of aliphatic hydroxyl groups excluding tert-OH is 1. The molecule has 2 aliphatic rings. The Morgan fingerprint density at radius 1 is 1.19 bits per heavy atom. The fourth-order valence-electron chi connectivity index (χ4n) is 5.84. The fraction of sp³-hybridized carbons (Fsp3) is 0.467. The van der Waals surface area contributed by atoms with Crippen molar-refractivity contribution in [3.05, 3.63) is 51.7 Å². The molecule has 4 heterocycles. The molecule has 1 saturated carbocycles. The minimum absolute atomic E-state index is 0.0423. The number of nitrogens with one attached hydrogen (secondary N) is 1. The van der Waals surface area contributed by atoms with Gasteiger partial charge in [0.05, 0.1) is 18.3 Å². The number of likely N-dealkylation sites (tertiary alicyclic amines) is 1. The molecule has 1 amide bonds. The molecule has 1 aliphatic carbocycles. The third-order valence-corrected chi connectivity index (χ3v) is 10.3. The van der Waals surface area contributed by atoms with E-state index in [-0.39, 0.29) is 23.9 Å². The number of hydrogen-bond acceptors (Lipinski definition) is 9. The van der Waals surface area contributed by atoms with Gasteiger partial charge in [-0.15, -0.1) is 11.3 Å². The first-order chi connectivity index (χ1) is 20.4. The molecule has 6 rings (SSSR count). The molecule has 12 heteroatoms. The summed E-state index contributed by atoms with van der Waals surface area (Å²) in [6.07, 6.45) is 5.96. The van der Waals surface area contributed by atoms with Crippen molar-refractivity contribution >= 4 is 44.5 Å². The van der Waals surface area contributed by atoms with Gasteiger partial charge < -0.3 is 15.3 Å². The molecular formula is C30H34FN7O2S2. The number of halogens is 1. The van der Waals surface area contributed by atoms with Crippen molar-refractivity contribution < 1.29 is 14.3 Å². The van der Waals surface area contributed by atoms with Crippen molar-refractivity contribution in [2.75, 3.05) is 31.1 Å². The summed E-state index contributed by atoms with van der Waals surface area (Å²) in [5.41, 5.74) is 2.25. The van der Waals surface area contributed by atoms with E-state index in [0.717, 1.165) is 48.8 Å². The molecule has 3 aromatic heterocycles. The molecule has 0 radical (unpaired) electrons. The summed E-state index contributed by atoms with van der Waals surface area (Å²) in [7, 11) is 0. The molecule has 0 atom stereocenters. The van der Waals surface area contributed by atoms with Gasteiger partial charge in [0.1, 0.15) is 28.3 Å². The minimum atomic E-state index is -0.327. The van der Waals surface area contributed by atoms with Crippen LogP contribution < -0.4 is 10.2 Å². The topological polar surface area (TPSA) is 110 Å². The van der Waals surface area contributed by atoms with Gasteiger partial charge in [0.25, 0.3) is 0 Å². The zero-order chi connectivity index (χ0) is 29.4. The maximum absolute atomic E-state index is 13.5. The third-order valence-electron chi connectivity index (χ3n) is 8.20. The number of anilines is 2. The average Bonchev–Trinajstić information content (AvgIpc) is 3.67. The highest BCUT2D eigenvalue weighted by Crippen LogP contribution is 2.40. The maximum atomic E-state index is 13.5. The average molecular weight is 608 g/mol. The molecule has 0 spiro atoms. The summed E-state index contributed by atoms with van der Waals surface area (Å²) in [6.45, 7) is 6.94. The molecule has 1 aromatic carbocycles. The molecule has 4 aromatic rings. The smallest absolute Gasteiger partial charge is 0.234 e. The Morgan fingerprint density at radius 3 is 2.57 bits per heavy atom. The Hall–Kier alpha value is -3.37. The van der Waals surface area contributed by atoms with Crippen LogP contribution >= 0.6 is 22.7 Å². The number of nitrogens with zero attached hydrogens (tertiary/aromatic N) is 6. The summed E-state index contributed by atoms with van der Waals surface area (Å²) in [4.78, 5) is 29.3. The van der Waals surface area contributed by atoms with Gasteiger partial charge in [-0.25, -0.2) is 14.4 Å². The van der Waals surface area contributed by atoms with Gasteiger partial charge in [-0.05, 0) is 82.3 Å². The lowest BCUT2D eigenvalue weighted by Crippen LogP contribution is -2.50. The van der Waals surface area contributed by atoms with Crippen LogP contribution in [0.3, 0.4) is 0 Å². The molecule has 9 nitrogen and oxygen atoms in total. The predicted molar refractivity (Wildman–Crippen MR) is 163 cm³/mol. The van der Waals surface area contributed by atoms with Crippen molar-refractivity contribution in [1.82, 2.24) is 24.6 Å². The number of nitriles is 1. The van der Waals surface area contributed by atoms with Crippen molar-refractivity contribution in [2.24, 2.45) is 0 Å². The second-order valence-electron chi connectivity index (χ2n) is 11.0. The fourth-order valence-corrected chi connectivity index (χ4v) is 7.96. The number of piperidine rings is 1. The second kappa shape index (κ2) is 12.1. The van der Waals surface area contributed by atoms with Gasteiger partial charge in [-0.1, -0.05) is 18.3 Å². The number of benzene rings is 1. The van der Waals surface area contributed by atoms with Gasteiger partial charge in [-0.2, -0.15) is 5.26 Å². The first-order valence-electron chi connectivity index (χ1n) is 14.5. The highest BCUT2D eigenvalue weighted by atomic mass is 32.1. The number of amides is 1. The first-order valence-corrected chi connectivity index (χ1v) is 16.1. The molecular weight excluding hydrogens is 574 g/mol. The lowest BCUT2D eigenvalue weighted by molar-refractivity contribution is -0.124. The molecule has 42 heavy (non-hydrogen) atoms. The number of carbonyl (C=O) groups excluding carboxylic acids is 1. The number of fused-ring (bicyclic) bond motifs is 1. The summed E-state index contributed by atoms with van der Waals surface area (Å²) in [5.74, 6) is 1.09. The number of aromatic nitrogens is 3. The van der Waals surface area contributed by atoms with Crippen LogP contribution in [0.4, 0.5) is 15.3 Å². The first kappa shape index (κ1) is 28.7. The Morgan fingerprint density at radius 2 is 1.93 bits per heavy atom. The Bertz CT molecular complexity index is 1610. The van der Waals surface area contributed by atoms with Crippen LogP contribution in [0.2, 0.25) is 0 Å². The second-order valence-corrected chi connectivity index (χ2v) is 13.0. The Labute approximate surface area is 252 Å². The van der Waals surface area contributed by atoms with Gasteiger partial charge in [0.2, 0.25) is 5.91 Å². The lowest BCUT2D eigenvalue weighted by atomic mass is 9.89. The third kappa shape index (κ3) is 5.66. The Kier molecular flexibility index (Phi) is 8.27. The number of rotatable bonds is 9. The van der Waals surface area contributed by atoms with Crippen LogP contribution in [0.25, 0.3) is 16.2 Å². The number of imidazole rings is 1. The summed E-state index contributed by atoms with van der Waals surface area (Å²) < 4.78 is 15.7. The molecule has 2 N–H and O–H groups in total. The quantitative estimate of drug-likeness (QED) is 0.273. The zero-order valence-corrected chi connectivity index (χ0v) is 25.3. The van der Waals surface area contributed by atoms with E-state index in [9.17, 15) is 19.6 Å². The lowest BCUT2D eigenvalue weighted by Gasteiger charge is -2.34. The molecule has 0 unspecified atom stereocenters. The Balaban J connectivity index is 1.20. The monoisotopic (exact) mass is 607 g/mol. The zero-order valence-electron chi connectivity index (χ0n) is 23.7. The van der Waals surface area contributed by atoms with E-state index < -0.39 is 0 Å². The van der Waals surface area contributed by atoms with E-state index in [1.807, 2.05) is 0 Å². The highest BCUT2D eigenvalue weighted by Gasteiger charge is 2.30. The van der Waals surface area contributed by atoms with E-state index in [4.69, 9.17) is 9.97 Å². The number of carbonyl (C=O) groups is 1.